The molecule has 3 nitrogen and oxygen atoms in total. The second-order valence-electron chi connectivity index (χ2n) is 6.19. The molecule has 0 radical (unpaired) electrons. The number of aliphatic hydroxyl groups is 1. The van der Waals surface area contributed by atoms with E-state index in [1.165, 1.54) is 25.7 Å². The fourth-order valence-electron chi connectivity index (χ4n) is 2.84. The number of hydrogen-bond acceptors (Lipinski definition) is 2. The third-order valence-corrected chi connectivity index (χ3v) is 4.67. The predicted molar refractivity (Wildman–Crippen MR) is 83.4 cm³/mol. The van der Waals surface area contributed by atoms with Gasteiger partial charge in [0.2, 0.25) is 5.91 Å². The van der Waals surface area contributed by atoms with Gasteiger partial charge in [0.1, 0.15) is 0 Å². The fraction of sp³-hybridized carbons (Fsp3) is 0.562. The van der Waals surface area contributed by atoms with Crippen molar-refractivity contribution in [2.45, 2.75) is 44.2 Å². The molecule has 0 spiro atoms. The van der Waals surface area contributed by atoms with Gasteiger partial charge in [-0.2, -0.15) is 0 Å². The van der Waals surface area contributed by atoms with Gasteiger partial charge in [-0.3, -0.25) is 4.79 Å². The molecule has 1 atom stereocenters. The van der Waals surface area contributed by atoms with Crippen molar-refractivity contribution in [3.63, 3.8) is 0 Å². The molecule has 1 unspecified atom stereocenters. The molecule has 1 amide bonds. The summed E-state index contributed by atoms with van der Waals surface area (Å²) in [7, 11) is 0. The van der Waals surface area contributed by atoms with Crippen LogP contribution in [0.5, 0.6) is 0 Å². The van der Waals surface area contributed by atoms with E-state index in [0.29, 0.717) is 33.5 Å². The first-order chi connectivity index (χ1) is 10.0. The number of amides is 1. The van der Waals surface area contributed by atoms with Gasteiger partial charge in [0.05, 0.1) is 12.5 Å². The van der Waals surface area contributed by atoms with Crippen LogP contribution in [0.4, 0.5) is 0 Å². The molecule has 114 valence electrons. The summed E-state index contributed by atoms with van der Waals surface area (Å²) in [4.78, 5) is 12.1. The van der Waals surface area contributed by atoms with Crippen LogP contribution in [-0.2, 0) is 4.79 Å². The molecule has 1 aromatic rings. The third kappa shape index (κ3) is 4.12. The zero-order chi connectivity index (χ0) is 15.0. The molecule has 2 saturated carbocycles. The SMILES string of the molecule is O=C(CC(O)c1cc(Cl)cc(Cl)c1)NC(C1CC1)C1CC1. The summed E-state index contributed by atoms with van der Waals surface area (Å²) in [5.74, 6) is 1.21. The first kappa shape index (κ1) is 15.1. The third-order valence-electron chi connectivity index (χ3n) is 4.24. The number of aliphatic hydroxyl groups excluding tert-OH is 1. The number of carbonyl (C=O) groups is 1. The van der Waals surface area contributed by atoms with Gasteiger partial charge in [0.25, 0.3) is 0 Å². The van der Waals surface area contributed by atoms with E-state index in [2.05, 4.69) is 5.32 Å². The van der Waals surface area contributed by atoms with E-state index in [4.69, 9.17) is 23.2 Å². The average Bonchev–Trinajstić information content (AvgIpc) is 3.26. The fourth-order valence-corrected chi connectivity index (χ4v) is 3.38. The van der Waals surface area contributed by atoms with Crippen LogP contribution in [0.15, 0.2) is 18.2 Å². The summed E-state index contributed by atoms with van der Waals surface area (Å²) >= 11 is 11.8. The second-order valence-corrected chi connectivity index (χ2v) is 7.06. The predicted octanol–water partition coefficient (Wildman–Crippen LogP) is 3.72. The van der Waals surface area contributed by atoms with E-state index >= 15 is 0 Å². The highest BCUT2D eigenvalue weighted by atomic mass is 35.5. The van der Waals surface area contributed by atoms with Crippen LogP contribution >= 0.6 is 23.2 Å². The van der Waals surface area contributed by atoms with E-state index in [9.17, 15) is 9.90 Å². The molecular formula is C16H19Cl2NO2. The largest absolute Gasteiger partial charge is 0.388 e. The first-order valence-electron chi connectivity index (χ1n) is 7.46. The molecule has 2 N–H and O–H groups in total. The van der Waals surface area contributed by atoms with Gasteiger partial charge < -0.3 is 10.4 Å². The normalized spacial score (nSPS) is 19.6. The zero-order valence-corrected chi connectivity index (χ0v) is 13.2. The van der Waals surface area contributed by atoms with Crippen molar-refractivity contribution >= 4 is 29.1 Å². The molecule has 0 bridgehead atoms. The Bertz CT molecular complexity index is 509. The second kappa shape index (κ2) is 6.15. The van der Waals surface area contributed by atoms with E-state index in [1.807, 2.05) is 0 Å². The number of hydrogen-bond donors (Lipinski definition) is 2. The highest BCUT2D eigenvalue weighted by Crippen LogP contribution is 2.44. The minimum Gasteiger partial charge on any atom is -0.388 e. The molecule has 2 aliphatic carbocycles. The monoisotopic (exact) mass is 327 g/mol. The van der Waals surface area contributed by atoms with E-state index in [1.54, 1.807) is 18.2 Å². The Morgan fingerprint density at radius 3 is 2.14 bits per heavy atom. The van der Waals surface area contributed by atoms with Gasteiger partial charge in [-0.15, -0.1) is 0 Å². The summed E-state index contributed by atoms with van der Waals surface area (Å²) in [6, 6.07) is 5.21. The maximum Gasteiger partial charge on any atom is 0.223 e. The van der Waals surface area contributed by atoms with Crippen LogP contribution < -0.4 is 5.32 Å². The lowest BCUT2D eigenvalue weighted by Gasteiger charge is -2.19. The maximum absolute atomic E-state index is 12.1. The summed E-state index contributed by atoms with van der Waals surface area (Å²) in [5.41, 5.74) is 0.581. The molecule has 1 aromatic carbocycles. The molecule has 21 heavy (non-hydrogen) atoms. The van der Waals surface area contributed by atoms with Crippen LogP contribution in [0.2, 0.25) is 10.0 Å². The molecular weight excluding hydrogens is 309 g/mol. The van der Waals surface area contributed by atoms with Crippen LogP contribution in [0.25, 0.3) is 0 Å². The zero-order valence-electron chi connectivity index (χ0n) is 11.7. The van der Waals surface area contributed by atoms with Crippen LogP contribution in [0.1, 0.15) is 43.8 Å². The summed E-state index contributed by atoms with van der Waals surface area (Å²) in [5, 5.41) is 14.2. The number of nitrogens with one attached hydrogen (secondary N) is 1. The Hall–Kier alpha value is -0.770. The summed E-state index contributed by atoms with van der Waals surface area (Å²) in [6.45, 7) is 0. The number of carbonyl (C=O) groups excluding carboxylic acids is 1. The minimum atomic E-state index is -0.875. The van der Waals surface area contributed by atoms with Gasteiger partial charge in [-0.1, -0.05) is 23.2 Å². The van der Waals surface area contributed by atoms with Crippen molar-refractivity contribution < 1.29 is 9.90 Å². The van der Waals surface area contributed by atoms with Gasteiger partial charge in [0.15, 0.2) is 0 Å². The summed E-state index contributed by atoms with van der Waals surface area (Å²) in [6.07, 6.45) is 4.04. The number of halogens is 2. The van der Waals surface area contributed by atoms with Gasteiger partial charge in [0, 0.05) is 16.1 Å². The Morgan fingerprint density at radius 2 is 1.67 bits per heavy atom. The average molecular weight is 328 g/mol. The highest BCUT2D eigenvalue weighted by molar-refractivity contribution is 6.34. The minimum absolute atomic E-state index is 0.0482. The Labute approximate surface area is 134 Å². The van der Waals surface area contributed by atoms with E-state index in [0.717, 1.165) is 0 Å². The number of benzene rings is 1. The van der Waals surface area contributed by atoms with Crippen molar-refractivity contribution in [3.05, 3.63) is 33.8 Å². The maximum atomic E-state index is 12.1. The van der Waals surface area contributed by atoms with E-state index < -0.39 is 6.10 Å². The molecule has 0 saturated heterocycles. The van der Waals surface area contributed by atoms with Crippen LogP contribution in [-0.4, -0.2) is 17.1 Å². The van der Waals surface area contributed by atoms with Crippen molar-refractivity contribution in [1.29, 1.82) is 0 Å². The topological polar surface area (TPSA) is 49.3 Å². The van der Waals surface area contributed by atoms with Gasteiger partial charge in [-0.25, -0.2) is 0 Å². The Kier molecular flexibility index (Phi) is 4.43. The standard InChI is InChI=1S/C16H19Cl2NO2/c17-12-5-11(6-13(18)7-12)14(20)8-15(21)19-16(9-1-2-9)10-3-4-10/h5-7,9-10,14,16,20H,1-4,8H2,(H,19,21). The smallest absolute Gasteiger partial charge is 0.223 e. The highest BCUT2D eigenvalue weighted by Gasteiger charge is 2.42. The first-order valence-corrected chi connectivity index (χ1v) is 8.22. The van der Waals surface area contributed by atoms with Gasteiger partial charge >= 0.3 is 0 Å². The van der Waals surface area contributed by atoms with Crippen molar-refractivity contribution in [2.24, 2.45) is 11.8 Å². The lowest BCUT2D eigenvalue weighted by atomic mass is 10.0. The van der Waals surface area contributed by atoms with Crippen molar-refractivity contribution in [1.82, 2.24) is 5.32 Å². The number of rotatable bonds is 6. The van der Waals surface area contributed by atoms with E-state index in [-0.39, 0.29) is 12.3 Å². The Balaban J connectivity index is 1.58. The lowest BCUT2D eigenvalue weighted by Crippen LogP contribution is -2.38. The lowest BCUT2D eigenvalue weighted by molar-refractivity contribution is -0.124. The van der Waals surface area contributed by atoms with Crippen LogP contribution in [0.3, 0.4) is 0 Å². The summed E-state index contributed by atoms with van der Waals surface area (Å²) < 4.78 is 0. The quantitative estimate of drug-likeness (QED) is 0.836. The van der Waals surface area contributed by atoms with Crippen molar-refractivity contribution in [2.75, 3.05) is 0 Å². The van der Waals surface area contributed by atoms with Gasteiger partial charge in [-0.05, 0) is 61.3 Å². The van der Waals surface area contributed by atoms with Crippen LogP contribution in [0, 0.1) is 11.8 Å². The molecule has 0 aromatic heterocycles. The molecule has 2 fully saturated rings. The molecule has 2 aliphatic rings. The molecule has 5 heteroatoms. The van der Waals surface area contributed by atoms with Crippen molar-refractivity contribution in [3.8, 4) is 0 Å². The molecule has 0 heterocycles. The Morgan fingerprint density at radius 1 is 1.14 bits per heavy atom. The molecule has 0 aliphatic heterocycles. The molecule has 3 rings (SSSR count).